The Morgan fingerprint density at radius 3 is 1.80 bits per heavy atom. The van der Waals surface area contributed by atoms with Crippen molar-refractivity contribution in [3.8, 4) is 0 Å². The fraction of sp³-hybridized carbons (Fsp3) is 0.562. The van der Waals surface area contributed by atoms with Crippen LogP contribution >= 0.6 is 0 Å². The summed E-state index contributed by atoms with van der Waals surface area (Å²) in [5.41, 5.74) is 0.175. The third kappa shape index (κ3) is 12.9. The van der Waals surface area contributed by atoms with Crippen molar-refractivity contribution in [2.45, 2.75) is 48.5 Å². The summed E-state index contributed by atoms with van der Waals surface area (Å²) in [6.45, 7) is 17.1. The summed E-state index contributed by atoms with van der Waals surface area (Å²) >= 11 is 0. The molecule has 0 saturated heterocycles. The van der Waals surface area contributed by atoms with Crippen molar-refractivity contribution in [1.82, 2.24) is 5.06 Å². The van der Waals surface area contributed by atoms with Crippen LogP contribution in [0.5, 0.6) is 0 Å². The van der Waals surface area contributed by atoms with Crippen LogP contribution in [-0.4, -0.2) is 30.2 Å². The molecule has 0 aliphatic carbocycles. The van der Waals surface area contributed by atoms with Gasteiger partial charge in [-0.2, -0.15) is 0 Å². The number of carbonyl (C=O) groups excluding carboxylic acids is 1. The van der Waals surface area contributed by atoms with Gasteiger partial charge in [-0.1, -0.05) is 60.3 Å². The fourth-order valence-corrected chi connectivity index (χ4v) is 0.835. The normalized spacial score (nSPS) is 9.65. The highest BCUT2D eigenvalue weighted by Gasteiger charge is 2.16. The van der Waals surface area contributed by atoms with Gasteiger partial charge in [0.2, 0.25) is 0 Å². The maximum atomic E-state index is 11.5. The van der Waals surface area contributed by atoms with E-state index in [1.165, 1.54) is 32.4 Å². The second kappa shape index (κ2) is 22.6. The lowest BCUT2D eigenvalue weighted by atomic mass is 10.2. The van der Waals surface area contributed by atoms with E-state index >= 15 is 0 Å². The molecule has 0 aromatic heterocycles. The van der Waals surface area contributed by atoms with E-state index in [1.807, 2.05) is 41.5 Å². The molecular weight excluding hydrogens is 254 g/mol. The maximum absolute atomic E-state index is 11.5. The number of rotatable bonds is 4. The van der Waals surface area contributed by atoms with Gasteiger partial charge in [0, 0.05) is 7.05 Å². The van der Waals surface area contributed by atoms with Crippen molar-refractivity contribution in [3.05, 3.63) is 36.1 Å². The first-order valence-corrected chi connectivity index (χ1v) is 7.09. The number of allylic oxidation sites excluding steroid dienone is 3. The van der Waals surface area contributed by atoms with Gasteiger partial charge < -0.3 is 5.11 Å². The van der Waals surface area contributed by atoms with Crippen LogP contribution in [0.3, 0.4) is 0 Å². The fourth-order valence-electron chi connectivity index (χ4n) is 0.835. The largest absolute Gasteiger partial charge is 0.507 e. The van der Waals surface area contributed by atoms with Gasteiger partial charge in [0.15, 0.2) is 0 Å². The van der Waals surface area contributed by atoms with Gasteiger partial charge in [-0.25, -0.2) is 5.06 Å². The molecule has 4 nitrogen and oxygen atoms in total. The molecule has 1 amide bonds. The number of hydrogen-bond acceptors (Lipinski definition) is 3. The summed E-state index contributed by atoms with van der Waals surface area (Å²) in [6.07, 6.45) is 4.25. The van der Waals surface area contributed by atoms with E-state index < -0.39 is 5.91 Å². The molecular formula is C16H33NO3. The average Bonchev–Trinajstić information content (AvgIpc) is 2.53. The van der Waals surface area contributed by atoms with E-state index in [0.29, 0.717) is 0 Å². The summed E-state index contributed by atoms with van der Waals surface area (Å²) in [4.78, 5) is 16.2. The molecule has 4 heteroatoms. The van der Waals surface area contributed by atoms with E-state index in [2.05, 4.69) is 6.58 Å². The van der Waals surface area contributed by atoms with E-state index in [0.717, 1.165) is 5.06 Å². The van der Waals surface area contributed by atoms with Gasteiger partial charge in [0.1, 0.15) is 5.76 Å². The number of hydrogen-bond donors (Lipinski definition) is 1. The van der Waals surface area contributed by atoms with Gasteiger partial charge in [-0.05, 0) is 13.0 Å². The van der Waals surface area contributed by atoms with E-state index in [9.17, 15) is 9.90 Å². The molecule has 0 aromatic rings. The van der Waals surface area contributed by atoms with Crippen molar-refractivity contribution in [1.29, 1.82) is 0 Å². The van der Waals surface area contributed by atoms with Crippen molar-refractivity contribution in [2.75, 3.05) is 14.2 Å². The second-order valence-electron chi connectivity index (χ2n) is 2.48. The molecule has 0 bridgehead atoms. The van der Waals surface area contributed by atoms with Crippen LogP contribution in [0, 0.1) is 0 Å². The first kappa shape index (κ1) is 26.9. The Hall–Kier alpha value is -1.55. The third-order valence-electron chi connectivity index (χ3n) is 1.63. The summed E-state index contributed by atoms with van der Waals surface area (Å²) in [5.74, 6) is -0.540. The Balaban J connectivity index is -0.000000187. The van der Waals surface area contributed by atoms with Gasteiger partial charge in [-0.3, -0.25) is 9.63 Å². The molecule has 0 rings (SSSR count). The Labute approximate surface area is 125 Å². The lowest BCUT2D eigenvalue weighted by molar-refractivity contribution is -0.163. The third-order valence-corrected chi connectivity index (χ3v) is 1.63. The molecule has 0 heterocycles. The first-order chi connectivity index (χ1) is 9.58. The molecule has 0 aliphatic rings. The number of aliphatic hydroxyl groups excluding tert-OH is 1. The Bertz CT molecular complexity index is 281. The number of aliphatic hydroxyl groups is 1. The number of hydroxylamine groups is 2. The summed E-state index contributed by atoms with van der Waals surface area (Å²) in [7, 11) is 2.84. The monoisotopic (exact) mass is 287 g/mol. The first-order valence-electron chi connectivity index (χ1n) is 7.09. The quantitative estimate of drug-likeness (QED) is 0.354. The summed E-state index contributed by atoms with van der Waals surface area (Å²) < 4.78 is 0. The van der Waals surface area contributed by atoms with Crippen molar-refractivity contribution in [3.63, 3.8) is 0 Å². The van der Waals surface area contributed by atoms with Crippen LogP contribution in [0.1, 0.15) is 48.5 Å². The highest BCUT2D eigenvalue weighted by molar-refractivity contribution is 5.96. The van der Waals surface area contributed by atoms with Crippen LogP contribution in [0.4, 0.5) is 0 Å². The number of carbonyl (C=O) groups is 1. The SMILES string of the molecule is C=C/C=C(O)\C(=C/C)C(=O)N(C)OC.CC.CC.CC. The number of likely N-dealkylation sites (N-methyl/N-ethyl adjacent to an activating group) is 1. The average molecular weight is 287 g/mol. The predicted octanol–water partition coefficient (Wildman–Crippen LogP) is 4.66. The maximum Gasteiger partial charge on any atom is 0.280 e. The molecule has 0 spiro atoms. The van der Waals surface area contributed by atoms with Crippen LogP contribution in [0.15, 0.2) is 36.1 Å². The minimum atomic E-state index is -0.411. The second-order valence-corrected chi connectivity index (χ2v) is 2.48. The minimum absolute atomic E-state index is 0.128. The van der Waals surface area contributed by atoms with Crippen LogP contribution in [-0.2, 0) is 9.63 Å². The topological polar surface area (TPSA) is 49.8 Å². The van der Waals surface area contributed by atoms with Crippen molar-refractivity contribution < 1.29 is 14.7 Å². The molecule has 0 radical (unpaired) electrons. The lowest BCUT2D eigenvalue weighted by Crippen LogP contribution is -2.27. The molecule has 20 heavy (non-hydrogen) atoms. The predicted molar refractivity (Wildman–Crippen MR) is 88.5 cm³/mol. The number of nitrogens with zero attached hydrogens (tertiary/aromatic N) is 1. The van der Waals surface area contributed by atoms with Crippen LogP contribution < -0.4 is 0 Å². The minimum Gasteiger partial charge on any atom is -0.507 e. The smallest absolute Gasteiger partial charge is 0.280 e. The molecule has 1 N–H and O–H groups in total. The molecule has 120 valence electrons. The van der Waals surface area contributed by atoms with Crippen molar-refractivity contribution >= 4 is 5.91 Å². The van der Waals surface area contributed by atoms with Gasteiger partial charge >= 0.3 is 0 Å². The summed E-state index contributed by atoms with van der Waals surface area (Å²) in [6, 6.07) is 0. The van der Waals surface area contributed by atoms with Gasteiger partial charge in [0.25, 0.3) is 5.91 Å². The highest BCUT2D eigenvalue weighted by Crippen LogP contribution is 2.10. The standard InChI is InChI=1S/C10H15NO3.3C2H6/c1-5-7-9(12)8(6-2)10(13)11(3)14-4;3*1-2/h5-7,12H,1H2,2-4H3;3*1-2H3/b8-6+,9-7+;;;. The lowest BCUT2D eigenvalue weighted by Gasteiger charge is -2.15. The van der Waals surface area contributed by atoms with Crippen molar-refractivity contribution in [2.24, 2.45) is 0 Å². The zero-order valence-electron chi connectivity index (χ0n) is 14.7. The van der Waals surface area contributed by atoms with E-state index in [1.54, 1.807) is 6.92 Å². The number of amides is 1. The molecule has 0 aromatic carbocycles. The molecule has 0 unspecified atom stereocenters. The molecule has 0 atom stereocenters. The Morgan fingerprint density at radius 1 is 1.15 bits per heavy atom. The van der Waals surface area contributed by atoms with E-state index in [4.69, 9.17) is 4.84 Å². The molecule has 0 aliphatic heterocycles. The zero-order chi connectivity index (χ0) is 17.1. The summed E-state index contributed by atoms with van der Waals surface area (Å²) in [5, 5.41) is 10.5. The van der Waals surface area contributed by atoms with E-state index in [-0.39, 0.29) is 11.3 Å². The molecule has 0 fully saturated rings. The highest BCUT2D eigenvalue weighted by atomic mass is 16.7. The van der Waals surface area contributed by atoms with Crippen LogP contribution in [0.2, 0.25) is 0 Å². The zero-order valence-corrected chi connectivity index (χ0v) is 14.7. The van der Waals surface area contributed by atoms with Gasteiger partial charge in [-0.15, -0.1) is 0 Å². The van der Waals surface area contributed by atoms with Gasteiger partial charge in [0.05, 0.1) is 12.7 Å². The Morgan fingerprint density at radius 2 is 1.55 bits per heavy atom. The molecule has 0 saturated carbocycles. The Kier molecular flexibility index (Phi) is 30.4. The van der Waals surface area contributed by atoms with Crippen LogP contribution in [0.25, 0.3) is 0 Å².